The highest BCUT2D eigenvalue weighted by atomic mass is 15.1. The summed E-state index contributed by atoms with van der Waals surface area (Å²) in [6.07, 6.45) is 0. The molecule has 1 heterocycles. The second-order valence-electron chi connectivity index (χ2n) is 5.91. The van der Waals surface area contributed by atoms with E-state index in [1.165, 1.54) is 0 Å². The van der Waals surface area contributed by atoms with E-state index in [0.717, 1.165) is 6.54 Å². The van der Waals surface area contributed by atoms with Gasteiger partial charge in [0.15, 0.2) is 0 Å². The molecule has 5 nitrogen and oxygen atoms in total. The van der Waals surface area contributed by atoms with Crippen LogP contribution in [0.2, 0.25) is 0 Å². The molecule has 1 aromatic heterocycles. The SMILES string of the molecule is CC1(C)C(CNc2cc(N)nc(N)n2)C1(C)C. The van der Waals surface area contributed by atoms with Crippen LogP contribution in [0.4, 0.5) is 17.6 Å². The van der Waals surface area contributed by atoms with Crippen molar-refractivity contribution in [3.05, 3.63) is 6.07 Å². The third-order valence-corrected chi connectivity index (χ3v) is 4.57. The van der Waals surface area contributed by atoms with Crippen molar-refractivity contribution < 1.29 is 0 Å². The Morgan fingerprint density at radius 3 is 2.24 bits per heavy atom. The minimum absolute atomic E-state index is 0.210. The molecule has 1 fully saturated rings. The first-order chi connectivity index (χ1) is 7.75. The second kappa shape index (κ2) is 3.48. The molecular formula is C12H21N5. The van der Waals surface area contributed by atoms with Crippen LogP contribution in [-0.2, 0) is 0 Å². The monoisotopic (exact) mass is 235 g/mol. The molecule has 1 aromatic rings. The number of anilines is 3. The molecule has 0 aromatic carbocycles. The fraction of sp³-hybridized carbons (Fsp3) is 0.667. The van der Waals surface area contributed by atoms with E-state index >= 15 is 0 Å². The standard InChI is InChI=1S/C12H21N5/c1-11(2)7(12(11,3)4)6-15-9-5-8(13)16-10(14)17-9/h5,7H,6H2,1-4H3,(H5,13,14,15,16,17). The minimum atomic E-state index is 0.210. The van der Waals surface area contributed by atoms with Gasteiger partial charge in [-0.15, -0.1) is 0 Å². The van der Waals surface area contributed by atoms with Gasteiger partial charge in [0, 0.05) is 12.6 Å². The molecule has 0 radical (unpaired) electrons. The molecule has 0 bridgehead atoms. The van der Waals surface area contributed by atoms with E-state index in [1.807, 2.05) is 0 Å². The summed E-state index contributed by atoms with van der Waals surface area (Å²) >= 11 is 0. The van der Waals surface area contributed by atoms with Crippen LogP contribution >= 0.6 is 0 Å². The van der Waals surface area contributed by atoms with Crippen molar-refractivity contribution in [3.63, 3.8) is 0 Å². The quantitative estimate of drug-likeness (QED) is 0.742. The smallest absolute Gasteiger partial charge is 0.223 e. The van der Waals surface area contributed by atoms with E-state index < -0.39 is 0 Å². The molecule has 0 atom stereocenters. The Balaban J connectivity index is 2.00. The molecule has 5 heteroatoms. The Hall–Kier alpha value is -1.52. The van der Waals surface area contributed by atoms with Gasteiger partial charge in [0.25, 0.3) is 0 Å². The summed E-state index contributed by atoms with van der Waals surface area (Å²) in [5.74, 6) is 1.94. The lowest BCUT2D eigenvalue weighted by Crippen LogP contribution is -2.11. The van der Waals surface area contributed by atoms with E-state index in [-0.39, 0.29) is 5.95 Å². The van der Waals surface area contributed by atoms with E-state index in [2.05, 4.69) is 43.0 Å². The lowest BCUT2D eigenvalue weighted by Gasteiger charge is -2.07. The number of nitrogens with zero attached hydrogens (tertiary/aromatic N) is 2. The second-order valence-corrected chi connectivity index (χ2v) is 5.91. The number of rotatable bonds is 3. The van der Waals surface area contributed by atoms with Gasteiger partial charge in [-0.3, -0.25) is 0 Å². The zero-order valence-electron chi connectivity index (χ0n) is 10.9. The average Bonchev–Trinajstić information content (AvgIpc) is 2.53. The largest absolute Gasteiger partial charge is 0.383 e. The summed E-state index contributed by atoms with van der Waals surface area (Å²) < 4.78 is 0. The van der Waals surface area contributed by atoms with E-state index in [9.17, 15) is 0 Å². The molecule has 0 unspecified atom stereocenters. The number of nitrogen functional groups attached to an aromatic ring is 2. The summed E-state index contributed by atoms with van der Waals surface area (Å²) in [6, 6.07) is 1.71. The molecular weight excluding hydrogens is 214 g/mol. The molecule has 17 heavy (non-hydrogen) atoms. The summed E-state index contributed by atoms with van der Waals surface area (Å²) in [7, 11) is 0. The Morgan fingerprint density at radius 2 is 1.76 bits per heavy atom. The fourth-order valence-corrected chi connectivity index (χ4v) is 2.63. The van der Waals surface area contributed by atoms with Gasteiger partial charge in [-0.25, -0.2) is 0 Å². The van der Waals surface area contributed by atoms with Crippen molar-refractivity contribution in [2.24, 2.45) is 16.7 Å². The van der Waals surface area contributed by atoms with Crippen LogP contribution < -0.4 is 16.8 Å². The van der Waals surface area contributed by atoms with Crippen molar-refractivity contribution in [2.45, 2.75) is 27.7 Å². The van der Waals surface area contributed by atoms with Crippen LogP contribution in [-0.4, -0.2) is 16.5 Å². The normalized spacial score (nSPS) is 21.2. The van der Waals surface area contributed by atoms with Gasteiger partial charge in [0.05, 0.1) is 0 Å². The van der Waals surface area contributed by atoms with Crippen LogP contribution in [0.25, 0.3) is 0 Å². The molecule has 2 rings (SSSR count). The lowest BCUT2D eigenvalue weighted by molar-refractivity contribution is 0.457. The van der Waals surface area contributed by atoms with Crippen molar-refractivity contribution >= 4 is 17.6 Å². The zero-order chi connectivity index (χ0) is 12.8. The van der Waals surface area contributed by atoms with Gasteiger partial charge in [0.2, 0.25) is 5.95 Å². The lowest BCUT2D eigenvalue weighted by atomic mass is 10.0. The van der Waals surface area contributed by atoms with E-state index in [0.29, 0.717) is 28.4 Å². The van der Waals surface area contributed by atoms with E-state index in [4.69, 9.17) is 11.5 Å². The molecule has 1 saturated carbocycles. The molecule has 0 saturated heterocycles. The number of nitrogens with two attached hydrogens (primary N) is 2. The third kappa shape index (κ3) is 1.90. The van der Waals surface area contributed by atoms with Gasteiger partial charge in [-0.05, 0) is 16.7 Å². The van der Waals surface area contributed by atoms with Crippen LogP contribution in [0.5, 0.6) is 0 Å². The highest BCUT2D eigenvalue weighted by Crippen LogP contribution is 2.68. The fourth-order valence-electron chi connectivity index (χ4n) is 2.63. The average molecular weight is 235 g/mol. The molecule has 94 valence electrons. The predicted octanol–water partition coefficient (Wildman–Crippen LogP) is 1.74. The van der Waals surface area contributed by atoms with Crippen LogP contribution in [0.1, 0.15) is 27.7 Å². The molecule has 0 aliphatic heterocycles. The summed E-state index contributed by atoms with van der Waals surface area (Å²) in [4.78, 5) is 7.94. The summed E-state index contributed by atoms with van der Waals surface area (Å²) in [5.41, 5.74) is 11.9. The molecule has 1 aliphatic carbocycles. The predicted molar refractivity (Wildman–Crippen MR) is 70.4 cm³/mol. The Labute approximate surface area is 102 Å². The highest BCUT2D eigenvalue weighted by molar-refractivity contribution is 5.48. The number of nitrogens with one attached hydrogen (secondary N) is 1. The van der Waals surface area contributed by atoms with E-state index in [1.54, 1.807) is 6.07 Å². The first-order valence-electron chi connectivity index (χ1n) is 5.89. The molecule has 0 spiro atoms. The summed E-state index contributed by atoms with van der Waals surface area (Å²) in [6.45, 7) is 10.1. The molecule has 0 amide bonds. The number of aromatic nitrogens is 2. The topological polar surface area (TPSA) is 89.8 Å². The minimum Gasteiger partial charge on any atom is -0.383 e. The molecule has 5 N–H and O–H groups in total. The maximum Gasteiger partial charge on any atom is 0.223 e. The van der Waals surface area contributed by atoms with Gasteiger partial charge >= 0.3 is 0 Å². The van der Waals surface area contributed by atoms with Crippen LogP contribution in [0.3, 0.4) is 0 Å². The highest BCUT2D eigenvalue weighted by Gasteiger charge is 2.64. The molecule has 1 aliphatic rings. The summed E-state index contributed by atoms with van der Waals surface area (Å²) in [5, 5.41) is 3.29. The first-order valence-corrected chi connectivity index (χ1v) is 5.89. The first kappa shape index (κ1) is 12.0. The van der Waals surface area contributed by atoms with Gasteiger partial charge in [-0.1, -0.05) is 27.7 Å². The van der Waals surface area contributed by atoms with Gasteiger partial charge < -0.3 is 16.8 Å². The Kier molecular flexibility index (Phi) is 2.45. The maximum atomic E-state index is 5.62. The zero-order valence-corrected chi connectivity index (χ0v) is 10.9. The third-order valence-electron chi connectivity index (χ3n) is 4.57. The van der Waals surface area contributed by atoms with Crippen molar-refractivity contribution in [1.29, 1.82) is 0 Å². The van der Waals surface area contributed by atoms with Crippen molar-refractivity contribution in [3.8, 4) is 0 Å². The maximum absolute atomic E-state index is 5.62. The van der Waals surface area contributed by atoms with Gasteiger partial charge in [-0.2, -0.15) is 9.97 Å². The Morgan fingerprint density at radius 1 is 1.18 bits per heavy atom. The van der Waals surface area contributed by atoms with Gasteiger partial charge in [0.1, 0.15) is 11.6 Å². The van der Waals surface area contributed by atoms with Crippen molar-refractivity contribution in [1.82, 2.24) is 9.97 Å². The van der Waals surface area contributed by atoms with Crippen LogP contribution in [0, 0.1) is 16.7 Å². The Bertz CT molecular complexity index is 404. The number of hydrogen-bond donors (Lipinski definition) is 3. The number of hydrogen-bond acceptors (Lipinski definition) is 5. The van der Waals surface area contributed by atoms with Crippen LogP contribution in [0.15, 0.2) is 6.07 Å². The van der Waals surface area contributed by atoms with Crippen molar-refractivity contribution in [2.75, 3.05) is 23.3 Å².